The Hall–Kier alpha value is -1.62. The Morgan fingerprint density at radius 1 is 1.41 bits per heavy atom. The van der Waals surface area contributed by atoms with Crippen LogP contribution in [0.15, 0.2) is 43.0 Å². The number of nitrogens with one attached hydrogen (secondary N) is 1. The normalized spacial score (nSPS) is 12.8. The van der Waals surface area contributed by atoms with E-state index in [0.717, 1.165) is 0 Å². The number of para-hydroxylation sites is 1. The van der Waals surface area contributed by atoms with Gasteiger partial charge in [-0.15, -0.1) is 6.58 Å². The Kier molecular flexibility index (Phi) is 4.45. The summed E-state index contributed by atoms with van der Waals surface area (Å²) in [4.78, 5) is 11.7. The summed E-state index contributed by atoms with van der Waals surface area (Å²) in [5.74, 6) is -0.728. The summed E-state index contributed by atoms with van der Waals surface area (Å²) in [5, 5.41) is 1.47. The maximum atomic E-state index is 11.7. The number of hydrogen-bond donors (Lipinski definition) is 1. The summed E-state index contributed by atoms with van der Waals surface area (Å²) < 4.78 is 23.3. The van der Waals surface area contributed by atoms with Crippen LogP contribution in [0.4, 0.5) is 5.69 Å². The van der Waals surface area contributed by atoms with Crippen molar-refractivity contribution in [3.63, 3.8) is 0 Å². The first kappa shape index (κ1) is 13.4. The van der Waals surface area contributed by atoms with E-state index in [1.165, 1.54) is 13.0 Å². The summed E-state index contributed by atoms with van der Waals surface area (Å²) in [7, 11) is -3.46. The lowest BCUT2D eigenvalue weighted by molar-refractivity contribution is -0.115. The predicted molar refractivity (Wildman–Crippen MR) is 68.5 cm³/mol. The molecule has 1 aromatic carbocycles. The van der Waals surface area contributed by atoms with E-state index in [0.29, 0.717) is 5.69 Å². The maximum Gasteiger partial charge on any atom is 0.242 e. The molecule has 0 saturated carbocycles. The largest absolute Gasteiger partial charge is 0.325 e. The number of carbonyl (C=O) groups is 1. The van der Waals surface area contributed by atoms with E-state index in [-0.39, 0.29) is 5.75 Å². The highest BCUT2D eigenvalue weighted by molar-refractivity contribution is 7.92. The molecular weight excluding hydrogens is 238 g/mol. The number of amides is 1. The van der Waals surface area contributed by atoms with Crippen molar-refractivity contribution in [3.8, 4) is 0 Å². The molecule has 0 radical (unpaired) electrons. The van der Waals surface area contributed by atoms with Gasteiger partial charge >= 0.3 is 0 Å². The average Bonchev–Trinajstić information content (AvgIpc) is 2.29. The van der Waals surface area contributed by atoms with E-state index in [2.05, 4.69) is 11.9 Å². The van der Waals surface area contributed by atoms with Crippen LogP contribution in [0, 0.1) is 0 Å². The molecule has 0 saturated heterocycles. The number of sulfone groups is 1. The Bertz CT molecular complexity index is 494. The van der Waals surface area contributed by atoms with Crippen LogP contribution in [0.3, 0.4) is 0 Å². The molecule has 0 heterocycles. The fraction of sp³-hybridized carbons (Fsp3) is 0.250. The third kappa shape index (κ3) is 3.71. The monoisotopic (exact) mass is 253 g/mol. The maximum absolute atomic E-state index is 11.7. The fourth-order valence-electron chi connectivity index (χ4n) is 1.24. The van der Waals surface area contributed by atoms with Crippen molar-refractivity contribution in [1.29, 1.82) is 0 Å². The van der Waals surface area contributed by atoms with Crippen LogP contribution < -0.4 is 5.32 Å². The molecule has 1 aromatic rings. The molecule has 0 aliphatic rings. The quantitative estimate of drug-likeness (QED) is 0.811. The molecule has 0 aromatic heterocycles. The van der Waals surface area contributed by atoms with E-state index in [1.54, 1.807) is 24.3 Å². The second-order valence-electron chi connectivity index (χ2n) is 3.62. The third-order valence-corrected chi connectivity index (χ3v) is 4.29. The fourth-order valence-corrected chi connectivity index (χ4v) is 2.24. The summed E-state index contributed by atoms with van der Waals surface area (Å²) in [6.45, 7) is 4.73. The number of anilines is 1. The molecule has 0 aliphatic carbocycles. The zero-order valence-electron chi connectivity index (χ0n) is 9.59. The molecule has 0 bridgehead atoms. The molecular formula is C12H15NO3S. The van der Waals surface area contributed by atoms with Crippen LogP contribution in [0.2, 0.25) is 0 Å². The standard InChI is InChI=1S/C12H15NO3S/c1-3-9-17(15,16)10(2)12(14)13-11-7-5-4-6-8-11/h3-8,10H,1,9H2,2H3,(H,13,14). The lowest BCUT2D eigenvalue weighted by Gasteiger charge is -2.11. The zero-order valence-corrected chi connectivity index (χ0v) is 10.4. The van der Waals surface area contributed by atoms with Crippen molar-refractivity contribution >= 4 is 21.4 Å². The first-order valence-corrected chi connectivity index (χ1v) is 6.87. The molecule has 1 rings (SSSR count). The zero-order chi connectivity index (χ0) is 12.9. The van der Waals surface area contributed by atoms with Gasteiger partial charge in [0.15, 0.2) is 9.84 Å². The predicted octanol–water partition coefficient (Wildman–Crippen LogP) is 1.61. The molecule has 1 atom stereocenters. The van der Waals surface area contributed by atoms with Gasteiger partial charge < -0.3 is 5.32 Å². The van der Waals surface area contributed by atoms with Gasteiger partial charge in [-0.3, -0.25) is 4.79 Å². The Morgan fingerprint density at radius 3 is 2.53 bits per heavy atom. The number of benzene rings is 1. The van der Waals surface area contributed by atoms with Crippen LogP contribution in [0.5, 0.6) is 0 Å². The number of carbonyl (C=O) groups excluding carboxylic acids is 1. The Morgan fingerprint density at radius 2 is 2.00 bits per heavy atom. The first-order valence-electron chi connectivity index (χ1n) is 5.16. The second kappa shape index (κ2) is 5.63. The number of rotatable bonds is 5. The highest BCUT2D eigenvalue weighted by atomic mass is 32.2. The summed E-state index contributed by atoms with van der Waals surface area (Å²) in [6.07, 6.45) is 1.28. The molecule has 5 heteroatoms. The molecule has 0 fully saturated rings. The minimum absolute atomic E-state index is 0.198. The van der Waals surface area contributed by atoms with Gasteiger partial charge in [0.25, 0.3) is 0 Å². The minimum Gasteiger partial charge on any atom is -0.325 e. The highest BCUT2D eigenvalue weighted by Gasteiger charge is 2.26. The van der Waals surface area contributed by atoms with Crippen LogP contribution in [0.1, 0.15) is 6.92 Å². The van der Waals surface area contributed by atoms with Crippen molar-refractivity contribution in [2.75, 3.05) is 11.1 Å². The lowest BCUT2D eigenvalue weighted by Crippen LogP contribution is -2.33. The van der Waals surface area contributed by atoms with Crippen LogP contribution in [0.25, 0.3) is 0 Å². The van der Waals surface area contributed by atoms with Crippen molar-refractivity contribution in [1.82, 2.24) is 0 Å². The van der Waals surface area contributed by atoms with Gasteiger partial charge in [0.1, 0.15) is 5.25 Å². The van der Waals surface area contributed by atoms with Crippen LogP contribution >= 0.6 is 0 Å². The van der Waals surface area contributed by atoms with Crippen molar-refractivity contribution in [2.24, 2.45) is 0 Å². The van der Waals surface area contributed by atoms with Crippen molar-refractivity contribution < 1.29 is 13.2 Å². The van der Waals surface area contributed by atoms with Gasteiger partial charge in [-0.2, -0.15) is 0 Å². The summed E-state index contributed by atoms with van der Waals surface area (Å²) >= 11 is 0. The van der Waals surface area contributed by atoms with Gasteiger partial charge in [0.2, 0.25) is 5.91 Å². The summed E-state index contributed by atoms with van der Waals surface area (Å²) in [5.41, 5.74) is 0.582. The summed E-state index contributed by atoms with van der Waals surface area (Å²) in [6, 6.07) is 8.74. The SMILES string of the molecule is C=CCS(=O)(=O)C(C)C(=O)Nc1ccccc1. The lowest BCUT2D eigenvalue weighted by atomic mass is 10.3. The van der Waals surface area contributed by atoms with Crippen LogP contribution in [-0.4, -0.2) is 25.3 Å². The van der Waals surface area contributed by atoms with Gasteiger partial charge in [0, 0.05) is 5.69 Å². The van der Waals surface area contributed by atoms with E-state index in [4.69, 9.17) is 0 Å². The Balaban J connectivity index is 2.75. The van der Waals surface area contributed by atoms with Gasteiger partial charge in [0.05, 0.1) is 5.75 Å². The van der Waals surface area contributed by atoms with Gasteiger partial charge in [-0.25, -0.2) is 8.42 Å². The molecule has 1 N–H and O–H groups in total. The third-order valence-electron chi connectivity index (χ3n) is 2.30. The van der Waals surface area contributed by atoms with Gasteiger partial charge in [-0.05, 0) is 19.1 Å². The molecule has 0 spiro atoms. The van der Waals surface area contributed by atoms with E-state index in [1.807, 2.05) is 6.07 Å². The van der Waals surface area contributed by atoms with Gasteiger partial charge in [-0.1, -0.05) is 24.3 Å². The molecule has 0 aliphatic heterocycles. The van der Waals surface area contributed by atoms with E-state index in [9.17, 15) is 13.2 Å². The average molecular weight is 253 g/mol. The minimum atomic E-state index is -3.46. The molecule has 4 nitrogen and oxygen atoms in total. The molecule has 1 amide bonds. The molecule has 92 valence electrons. The van der Waals surface area contributed by atoms with E-state index < -0.39 is 21.0 Å². The molecule has 17 heavy (non-hydrogen) atoms. The smallest absolute Gasteiger partial charge is 0.242 e. The first-order chi connectivity index (χ1) is 7.97. The second-order valence-corrected chi connectivity index (χ2v) is 5.98. The highest BCUT2D eigenvalue weighted by Crippen LogP contribution is 2.09. The van der Waals surface area contributed by atoms with Crippen LogP contribution in [-0.2, 0) is 14.6 Å². The topological polar surface area (TPSA) is 63.2 Å². The Labute approximate surface area is 101 Å². The number of hydrogen-bond acceptors (Lipinski definition) is 3. The van der Waals surface area contributed by atoms with Crippen molar-refractivity contribution in [2.45, 2.75) is 12.2 Å². The van der Waals surface area contributed by atoms with E-state index >= 15 is 0 Å². The molecule has 1 unspecified atom stereocenters. The van der Waals surface area contributed by atoms with Crippen molar-refractivity contribution in [3.05, 3.63) is 43.0 Å².